The molecule has 0 saturated carbocycles. The minimum atomic E-state index is -3.76. The van der Waals surface area contributed by atoms with Crippen LogP contribution in [0, 0.1) is 5.82 Å². The Hall–Kier alpha value is -2.55. The van der Waals surface area contributed by atoms with E-state index in [0.717, 1.165) is 13.0 Å². The van der Waals surface area contributed by atoms with Crippen LogP contribution in [0.25, 0.3) is 10.8 Å². The van der Waals surface area contributed by atoms with Crippen molar-refractivity contribution in [2.75, 3.05) is 19.6 Å². The minimum absolute atomic E-state index is 0.166. The van der Waals surface area contributed by atoms with Crippen molar-refractivity contribution in [2.24, 2.45) is 0 Å². The second-order valence-corrected chi connectivity index (χ2v) is 8.93. The van der Waals surface area contributed by atoms with Gasteiger partial charge < -0.3 is 10.1 Å². The molecule has 8 heteroatoms. The zero-order chi connectivity index (χ0) is 20.4. The van der Waals surface area contributed by atoms with Crippen molar-refractivity contribution < 1.29 is 17.5 Å². The lowest BCUT2D eigenvalue weighted by Crippen LogP contribution is -2.41. The first-order chi connectivity index (χ1) is 14.0. The Balaban J connectivity index is 1.83. The summed E-state index contributed by atoms with van der Waals surface area (Å²) in [7, 11) is -3.76. The minimum Gasteiger partial charge on any atom is -0.455 e. The molecule has 2 heterocycles. The van der Waals surface area contributed by atoms with Crippen LogP contribution in [0.1, 0.15) is 13.3 Å². The number of pyridine rings is 1. The predicted molar refractivity (Wildman–Crippen MR) is 109 cm³/mol. The topological polar surface area (TPSA) is 71.5 Å². The molecule has 0 bridgehead atoms. The van der Waals surface area contributed by atoms with E-state index in [1.807, 2.05) is 6.92 Å². The van der Waals surface area contributed by atoms with Crippen molar-refractivity contribution in [3.63, 3.8) is 0 Å². The molecular weight excluding hydrogens is 393 g/mol. The molecule has 1 N–H and O–H groups in total. The van der Waals surface area contributed by atoms with E-state index in [1.54, 1.807) is 28.7 Å². The number of nitrogens with one attached hydrogen (secondary N) is 1. The smallest absolute Gasteiger partial charge is 0.244 e. The number of aromatic nitrogens is 1. The van der Waals surface area contributed by atoms with Gasteiger partial charge in [-0.3, -0.25) is 4.98 Å². The largest absolute Gasteiger partial charge is 0.455 e. The monoisotopic (exact) mass is 415 g/mol. The molecule has 1 saturated heterocycles. The van der Waals surface area contributed by atoms with E-state index < -0.39 is 10.0 Å². The highest BCUT2D eigenvalue weighted by Crippen LogP contribution is 2.35. The maximum atomic E-state index is 13.6. The quantitative estimate of drug-likeness (QED) is 0.706. The number of halogens is 1. The molecular formula is C21H22FN3O3S. The maximum Gasteiger partial charge on any atom is 0.244 e. The van der Waals surface area contributed by atoms with Crippen molar-refractivity contribution in [1.29, 1.82) is 0 Å². The normalized spacial score (nSPS) is 18.5. The molecule has 0 amide bonds. The van der Waals surface area contributed by atoms with Crippen LogP contribution in [0.3, 0.4) is 0 Å². The number of hydrogen-bond acceptors (Lipinski definition) is 5. The van der Waals surface area contributed by atoms with E-state index in [1.165, 1.54) is 30.5 Å². The molecule has 0 spiro atoms. The van der Waals surface area contributed by atoms with Crippen LogP contribution < -0.4 is 10.1 Å². The zero-order valence-electron chi connectivity index (χ0n) is 16.0. The van der Waals surface area contributed by atoms with Crippen molar-refractivity contribution in [3.05, 3.63) is 60.7 Å². The van der Waals surface area contributed by atoms with E-state index in [4.69, 9.17) is 4.74 Å². The molecule has 2 aromatic carbocycles. The summed E-state index contributed by atoms with van der Waals surface area (Å²) in [6, 6.07) is 10.5. The van der Waals surface area contributed by atoms with Gasteiger partial charge in [-0.15, -0.1) is 0 Å². The highest BCUT2D eigenvalue weighted by molar-refractivity contribution is 7.89. The molecule has 1 fully saturated rings. The van der Waals surface area contributed by atoms with Gasteiger partial charge in [0.15, 0.2) is 5.75 Å². The number of ether oxygens (including phenoxy) is 1. The molecule has 0 aliphatic carbocycles. The molecule has 29 heavy (non-hydrogen) atoms. The van der Waals surface area contributed by atoms with Gasteiger partial charge in [-0.25, -0.2) is 12.8 Å². The van der Waals surface area contributed by atoms with Crippen LogP contribution in [-0.4, -0.2) is 43.4 Å². The van der Waals surface area contributed by atoms with Gasteiger partial charge in [0.25, 0.3) is 0 Å². The molecule has 1 aromatic heterocycles. The lowest BCUT2D eigenvalue weighted by atomic mass is 10.1. The molecule has 1 aliphatic rings. The van der Waals surface area contributed by atoms with E-state index in [0.29, 0.717) is 35.4 Å². The second kappa shape index (κ2) is 8.06. The van der Waals surface area contributed by atoms with Gasteiger partial charge in [-0.05, 0) is 50.2 Å². The third-order valence-electron chi connectivity index (χ3n) is 5.00. The van der Waals surface area contributed by atoms with Crippen molar-refractivity contribution in [1.82, 2.24) is 14.6 Å². The Bertz CT molecular complexity index is 1110. The Labute approximate surface area is 169 Å². The first-order valence-electron chi connectivity index (χ1n) is 9.49. The third-order valence-corrected chi connectivity index (χ3v) is 7.06. The van der Waals surface area contributed by atoms with Gasteiger partial charge in [0.2, 0.25) is 10.0 Å². The summed E-state index contributed by atoms with van der Waals surface area (Å²) in [6.45, 7) is 3.74. The summed E-state index contributed by atoms with van der Waals surface area (Å²) in [4.78, 5) is 4.36. The first kappa shape index (κ1) is 19.8. The fraction of sp³-hybridized carbons (Fsp3) is 0.286. The molecule has 1 atom stereocenters. The fourth-order valence-corrected chi connectivity index (χ4v) is 5.46. The van der Waals surface area contributed by atoms with Crippen LogP contribution in [-0.2, 0) is 10.0 Å². The van der Waals surface area contributed by atoms with Crippen molar-refractivity contribution >= 4 is 20.8 Å². The lowest BCUT2D eigenvalue weighted by molar-refractivity contribution is 0.353. The third kappa shape index (κ3) is 3.96. The second-order valence-electron chi connectivity index (χ2n) is 7.07. The number of fused-ring (bicyclic) bond motifs is 1. The number of benzene rings is 2. The lowest BCUT2D eigenvalue weighted by Gasteiger charge is -2.26. The average molecular weight is 415 g/mol. The van der Waals surface area contributed by atoms with Gasteiger partial charge in [-0.1, -0.05) is 12.1 Å². The molecule has 3 aromatic rings. The molecule has 6 nitrogen and oxygen atoms in total. The van der Waals surface area contributed by atoms with Gasteiger partial charge in [0.05, 0.1) is 11.1 Å². The highest BCUT2D eigenvalue weighted by Gasteiger charge is 2.32. The summed E-state index contributed by atoms with van der Waals surface area (Å²) in [5.74, 6) is 0.342. The van der Waals surface area contributed by atoms with Crippen LogP contribution in [0.2, 0.25) is 0 Å². The number of sulfonamides is 1. The van der Waals surface area contributed by atoms with Crippen LogP contribution in [0.15, 0.2) is 59.8 Å². The molecule has 0 unspecified atom stereocenters. The summed E-state index contributed by atoms with van der Waals surface area (Å²) >= 11 is 0. The number of hydrogen-bond donors (Lipinski definition) is 1. The average Bonchev–Trinajstić information content (AvgIpc) is 2.94. The molecule has 0 radical (unpaired) electrons. The van der Waals surface area contributed by atoms with Gasteiger partial charge >= 0.3 is 0 Å². The molecule has 152 valence electrons. The van der Waals surface area contributed by atoms with Crippen LogP contribution >= 0.6 is 0 Å². The Morgan fingerprint density at radius 3 is 2.76 bits per heavy atom. The standard InChI is InChI=1S/C21H22FN3O3S/c1-15-12-23-10-3-11-25(15)29(26,27)20-5-2-4-16-13-24-14-19(21(16)20)28-18-8-6-17(22)7-9-18/h2,4-9,13-15,23H,3,10-12H2,1H3/t15-/m0/s1. The Kier molecular flexibility index (Phi) is 5.49. The van der Waals surface area contributed by atoms with Crippen LogP contribution in [0.5, 0.6) is 11.5 Å². The van der Waals surface area contributed by atoms with E-state index in [9.17, 15) is 12.8 Å². The van der Waals surface area contributed by atoms with Crippen molar-refractivity contribution in [3.8, 4) is 11.5 Å². The Morgan fingerprint density at radius 1 is 1.17 bits per heavy atom. The number of nitrogens with zero attached hydrogens (tertiary/aromatic N) is 2. The Morgan fingerprint density at radius 2 is 1.97 bits per heavy atom. The van der Waals surface area contributed by atoms with E-state index in [-0.39, 0.29) is 16.8 Å². The van der Waals surface area contributed by atoms with Crippen molar-refractivity contribution in [2.45, 2.75) is 24.3 Å². The maximum absolute atomic E-state index is 13.6. The van der Waals surface area contributed by atoms with E-state index in [2.05, 4.69) is 10.3 Å². The van der Waals surface area contributed by atoms with E-state index >= 15 is 0 Å². The fourth-order valence-electron chi connectivity index (χ4n) is 3.57. The summed E-state index contributed by atoms with van der Waals surface area (Å²) in [5, 5.41) is 4.39. The summed E-state index contributed by atoms with van der Waals surface area (Å²) < 4.78 is 47.8. The van der Waals surface area contributed by atoms with Gasteiger partial charge in [0, 0.05) is 36.1 Å². The molecule has 4 rings (SSSR count). The van der Waals surface area contributed by atoms with Gasteiger partial charge in [0.1, 0.15) is 11.6 Å². The SMILES string of the molecule is C[C@H]1CNCCCN1S(=O)(=O)c1cccc2cncc(Oc3ccc(F)cc3)c12. The van der Waals surface area contributed by atoms with Crippen LogP contribution in [0.4, 0.5) is 4.39 Å². The first-order valence-corrected chi connectivity index (χ1v) is 10.9. The predicted octanol–water partition coefficient (Wildman–Crippen LogP) is 3.54. The zero-order valence-corrected chi connectivity index (χ0v) is 16.8. The highest BCUT2D eigenvalue weighted by atomic mass is 32.2. The van der Waals surface area contributed by atoms with Gasteiger partial charge in [-0.2, -0.15) is 4.31 Å². The molecule has 1 aliphatic heterocycles. The number of rotatable bonds is 4. The summed E-state index contributed by atoms with van der Waals surface area (Å²) in [6.07, 6.45) is 3.84. The summed E-state index contributed by atoms with van der Waals surface area (Å²) in [5.41, 5.74) is 0.